The Morgan fingerprint density at radius 1 is 1.35 bits per heavy atom. The summed E-state index contributed by atoms with van der Waals surface area (Å²) < 4.78 is 7.08. The number of likely N-dealkylation sites (N-methyl/N-ethyl adjacent to an activating group) is 1. The van der Waals surface area contributed by atoms with Crippen molar-refractivity contribution in [3.05, 3.63) is 28.7 Å². The van der Waals surface area contributed by atoms with Gasteiger partial charge in [0, 0.05) is 51.9 Å². The number of aryl methyl sites for hydroxylation is 1. The first-order chi connectivity index (χ1) is 11.1. The molecule has 0 atom stereocenters. The summed E-state index contributed by atoms with van der Waals surface area (Å²) in [5.41, 5.74) is -0.181. The topological polar surface area (TPSA) is 66.8 Å². The molecule has 2 rings (SSSR count). The molecule has 1 saturated heterocycles. The van der Waals surface area contributed by atoms with E-state index in [1.165, 1.54) is 0 Å². The Labute approximate surface area is 136 Å². The molecule has 0 unspecified atom stereocenters. The van der Waals surface area contributed by atoms with Crippen molar-refractivity contribution < 1.29 is 9.53 Å². The van der Waals surface area contributed by atoms with Crippen LogP contribution in [-0.4, -0.2) is 73.7 Å². The summed E-state index contributed by atoms with van der Waals surface area (Å²) in [6.45, 7) is 4.73. The van der Waals surface area contributed by atoms with Crippen LogP contribution in [0.25, 0.3) is 0 Å². The second kappa shape index (κ2) is 8.69. The molecular weight excluding hydrogens is 296 g/mol. The van der Waals surface area contributed by atoms with Crippen LogP contribution in [0.2, 0.25) is 0 Å². The lowest BCUT2D eigenvalue weighted by molar-refractivity contribution is -0.132. The molecule has 0 spiro atoms. The molecule has 0 aliphatic carbocycles. The molecule has 1 aromatic heterocycles. The Balaban J connectivity index is 1.89. The van der Waals surface area contributed by atoms with Crippen LogP contribution in [0.5, 0.6) is 5.75 Å². The Morgan fingerprint density at radius 2 is 2.09 bits per heavy atom. The van der Waals surface area contributed by atoms with Gasteiger partial charge in [0.15, 0.2) is 5.75 Å². The van der Waals surface area contributed by atoms with E-state index in [9.17, 15) is 9.59 Å². The lowest BCUT2D eigenvalue weighted by Crippen LogP contribution is -2.46. The zero-order chi connectivity index (χ0) is 16.7. The van der Waals surface area contributed by atoms with Crippen LogP contribution in [0, 0.1) is 0 Å². The third-order valence-electron chi connectivity index (χ3n) is 3.82. The summed E-state index contributed by atoms with van der Waals surface area (Å²) in [4.78, 5) is 28.3. The van der Waals surface area contributed by atoms with Crippen LogP contribution in [0.1, 0.15) is 6.42 Å². The van der Waals surface area contributed by atoms with Crippen LogP contribution < -0.4 is 15.6 Å². The first-order valence-corrected chi connectivity index (χ1v) is 8.03. The van der Waals surface area contributed by atoms with Crippen molar-refractivity contribution in [2.45, 2.75) is 13.0 Å². The highest BCUT2D eigenvalue weighted by Crippen LogP contribution is 2.04. The van der Waals surface area contributed by atoms with Gasteiger partial charge in [-0.05, 0) is 26.2 Å². The van der Waals surface area contributed by atoms with Crippen LogP contribution in [0.4, 0.5) is 0 Å². The summed E-state index contributed by atoms with van der Waals surface area (Å²) in [6, 6.07) is 3.45. The van der Waals surface area contributed by atoms with E-state index in [1.54, 1.807) is 22.9 Å². The number of amides is 1. The summed E-state index contributed by atoms with van der Waals surface area (Å²) >= 11 is 0. The first-order valence-electron chi connectivity index (χ1n) is 8.03. The van der Waals surface area contributed by atoms with E-state index < -0.39 is 0 Å². The molecule has 0 aromatic carbocycles. The number of carbonyl (C=O) groups is 1. The van der Waals surface area contributed by atoms with Gasteiger partial charge in [0.25, 0.3) is 5.56 Å². The number of nitrogens with one attached hydrogen (secondary N) is 1. The van der Waals surface area contributed by atoms with Crippen molar-refractivity contribution in [2.24, 2.45) is 0 Å². The minimum atomic E-state index is -0.181. The molecule has 0 saturated carbocycles. The highest BCUT2D eigenvalue weighted by Gasteiger charge is 2.16. The molecule has 1 amide bonds. The molecule has 2 heterocycles. The smallest absolute Gasteiger partial charge is 0.292 e. The fraction of sp³-hybridized carbons (Fsp3) is 0.625. The molecule has 1 N–H and O–H groups in total. The third-order valence-corrected chi connectivity index (χ3v) is 3.82. The molecule has 1 fully saturated rings. The molecule has 1 aromatic rings. The van der Waals surface area contributed by atoms with Gasteiger partial charge in [-0.2, -0.15) is 0 Å². The maximum absolute atomic E-state index is 12.3. The van der Waals surface area contributed by atoms with Crippen LogP contribution >= 0.6 is 0 Å². The Kier molecular flexibility index (Phi) is 6.61. The lowest BCUT2D eigenvalue weighted by atomic mass is 10.3. The number of piperazine rings is 1. The summed E-state index contributed by atoms with van der Waals surface area (Å²) in [7, 11) is 3.91. The average molecular weight is 322 g/mol. The van der Waals surface area contributed by atoms with Gasteiger partial charge in [0.2, 0.25) is 5.91 Å². The maximum Gasteiger partial charge on any atom is 0.292 e. The predicted octanol–water partition coefficient (Wildman–Crippen LogP) is -0.389. The SMILES string of the molecule is CN(C)CCOc1cccn(CCC(=O)N2CCNCC2)c1=O. The van der Waals surface area contributed by atoms with E-state index in [1.807, 2.05) is 23.9 Å². The minimum absolute atomic E-state index is 0.0947. The van der Waals surface area contributed by atoms with Crippen LogP contribution in [-0.2, 0) is 11.3 Å². The van der Waals surface area contributed by atoms with Gasteiger partial charge >= 0.3 is 0 Å². The maximum atomic E-state index is 12.3. The van der Waals surface area contributed by atoms with Gasteiger partial charge in [0.1, 0.15) is 6.61 Å². The van der Waals surface area contributed by atoms with E-state index in [0.29, 0.717) is 25.3 Å². The van der Waals surface area contributed by atoms with E-state index in [4.69, 9.17) is 4.74 Å². The summed E-state index contributed by atoms with van der Waals surface area (Å²) in [5.74, 6) is 0.432. The predicted molar refractivity (Wildman–Crippen MR) is 88.8 cm³/mol. The van der Waals surface area contributed by atoms with Crippen molar-refractivity contribution in [3.63, 3.8) is 0 Å². The normalized spacial score (nSPS) is 15.0. The highest BCUT2D eigenvalue weighted by atomic mass is 16.5. The zero-order valence-electron chi connectivity index (χ0n) is 14.0. The van der Waals surface area contributed by atoms with Crippen molar-refractivity contribution in [1.82, 2.24) is 19.7 Å². The molecule has 128 valence electrons. The zero-order valence-corrected chi connectivity index (χ0v) is 14.0. The van der Waals surface area contributed by atoms with Crippen molar-refractivity contribution in [2.75, 3.05) is 53.4 Å². The van der Waals surface area contributed by atoms with Gasteiger partial charge in [-0.25, -0.2) is 0 Å². The fourth-order valence-corrected chi connectivity index (χ4v) is 2.43. The monoisotopic (exact) mass is 322 g/mol. The molecule has 7 nitrogen and oxygen atoms in total. The standard InChI is InChI=1S/C16H26N4O3/c1-18(2)12-13-23-14-4-3-8-20(16(14)22)9-5-15(21)19-10-6-17-7-11-19/h3-4,8,17H,5-7,9-13H2,1-2H3. The first kappa shape index (κ1) is 17.5. The second-order valence-corrected chi connectivity index (χ2v) is 5.90. The largest absolute Gasteiger partial charge is 0.487 e. The number of rotatable bonds is 7. The summed E-state index contributed by atoms with van der Waals surface area (Å²) in [5, 5.41) is 3.22. The van der Waals surface area contributed by atoms with Gasteiger partial charge in [-0.1, -0.05) is 0 Å². The minimum Gasteiger partial charge on any atom is -0.487 e. The molecule has 0 radical (unpaired) electrons. The van der Waals surface area contributed by atoms with Crippen LogP contribution in [0.15, 0.2) is 23.1 Å². The Bertz CT molecular complexity index is 565. The Hall–Kier alpha value is -1.86. The van der Waals surface area contributed by atoms with Gasteiger partial charge in [-0.15, -0.1) is 0 Å². The molecule has 1 aliphatic rings. The third kappa shape index (κ3) is 5.37. The molecule has 7 heteroatoms. The van der Waals surface area contributed by atoms with Gasteiger partial charge < -0.3 is 24.4 Å². The van der Waals surface area contributed by atoms with Crippen molar-refractivity contribution >= 4 is 5.91 Å². The molecular formula is C16H26N4O3. The molecule has 0 bridgehead atoms. The highest BCUT2D eigenvalue weighted by molar-refractivity contribution is 5.76. The Morgan fingerprint density at radius 3 is 2.78 bits per heavy atom. The number of nitrogens with zero attached hydrogens (tertiary/aromatic N) is 3. The second-order valence-electron chi connectivity index (χ2n) is 5.90. The van der Waals surface area contributed by atoms with Crippen molar-refractivity contribution in [1.29, 1.82) is 0 Å². The van der Waals surface area contributed by atoms with E-state index >= 15 is 0 Å². The van der Waals surface area contributed by atoms with Gasteiger partial charge in [0.05, 0.1) is 0 Å². The lowest BCUT2D eigenvalue weighted by Gasteiger charge is -2.27. The van der Waals surface area contributed by atoms with Crippen LogP contribution in [0.3, 0.4) is 0 Å². The van der Waals surface area contributed by atoms with Crippen molar-refractivity contribution in [3.8, 4) is 5.75 Å². The number of hydrogen-bond acceptors (Lipinski definition) is 5. The fourth-order valence-electron chi connectivity index (χ4n) is 2.43. The number of ether oxygens (including phenoxy) is 1. The number of pyridine rings is 1. The molecule has 23 heavy (non-hydrogen) atoms. The molecule has 1 aliphatic heterocycles. The van der Waals surface area contributed by atoms with Gasteiger partial charge in [-0.3, -0.25) is 9.59 Å². The van der Waals surface area contributed by atoms with E-state index in [-0.39, 0.29) is 11.5 Å². The number of aromatic nitrogens is 1. The average Bonchev–Trinajstić information content (AvgIpc) is 2.55. The number of carbonyl (C=O) groups excluding carboxylic acids is 1. The number of hydrogen-bond donors (Lipinski definition) is 1. The van der Waals surface area contributed by atoms with E-state index in [0.717, 1.165) is 32.7 Å². The quantitative estimate of drug-likeness (QED) is 0.741. The summed E-state index contributed by atoms with van der Waals surface area (Å²) in [6.07, 6.45) is 2.03. The van der Waals surface area contributed by atoms with E-state index in [2.05, 4.69) is 5.32 Å².